The topological polar surface area (TPSA) is 56.7 Å². The lowest BCUT2D eigenvalue weighted by molar-refractivity contribution is 0.414. The molecule has 1 saturated carbocycles. The summed E-state index contributed by atoms with van der Waals surface area (Å²) in [5.41, 5.74) is 7.86. The summed E-state index contributed by atoms with van der Waals surface area (Å²) in [5.74, 6) is 1.96. The molecule has 0 aromatic carbocycles. The first kappa shape index (κ1) is 14.5. The van der Waals surface area contributed by atoms with E-state index in [1.165, 1.54) is 37.9 Å². The van der Waals surface area contributed by atoms with E-state index in [1.54, 1.807) is 0 Å². The fourth-order valence-corrected chi connectivity index (χ4v) is 3.28. The molecular formula is C17H26N4. The van der Waals surface area contributed by atoms with E-state index in [0.717, 1.165) is 36.5 Å². The molecule has 4 nitrogen and oxygen atoms in total. The van der Waals surface area contributed by atoms with Gasteiger partial charge in [-0.3, -0.25) is 0 Å². The molecular weight excluding hydrogens is 260 g/mol. The molecule has 1 unspecified atom stereocenters. The number of hydrogen-bond acceptors (Lipinski definition) is 3. The van der Waals surface area contributed by atoms with Crippen LogP contribution in [-0.4, -0.2) is 21.1 Å². The monoisotopic (exact) mass is 286 g/mol. The average molecular weight is 286 g/mol. The molecule has 0 spiro atoms. The van der Waals surface area contributed by atoms with Gasteiger partial charge < -0.3 is 10.3 Å². The molecule has 0 amide bonds. The van der Waals surface area contributed by atoms with E-state index in [4.69, 9.17) is 10.7 Å². The molecule has 0 bridgehead atoms. The fraction of sp³-hybridized carbons (Fsp3) is 0.647. The number of fused-ring (bicyclic) bond motifs is 1. The van der Waals surface area contributed by atoms with Crippen molar-refractivity contribution in [2.24, 2.45) is 11.7 Å². The second kappa shape index (κ2) is 6.56. The lowest BCUT2D eigenvalue weighted by atomic mass is 9.94. The van der Waals surface area contributed by atoms with Gasteiger partial charge in [0.05, 0.1) is 0 Å². The zero-order valence-corrected chi connectivity index (χ0v) is 13.0. The highest BCUT2D eigenvalue weighted by Gasteiger charge is 2.28. The maximum absolute atomic E-state index is 5.75. The molecule has 2 aromatic rings. The quantitative estimate of drug-likeness (QED) is 0.808. The highest BCUT2D eigenvalue weighted by molar-refractivity contribution is 5.71. The van der Waals surface area contributed by atoms with Crippen LogP contribution in [0, 0.1) is 5.92 Å². The van der Waals surface area contributed by atoms with E-state index in [1.807, 2.05) is 12.3 Å². The van der Waals surface area contributed by atoms with Gasteiger partial charge in [0.15, 0.2) is 5.65 Å². The SMILES string of the molecule is CCCC(CCN)CCc1nc2cccnc2n1C1CC1. The zero-order valence-electron chi connectivity index (χ0n) is 13.0. The van der Waals surface area contributed by atoms with Crippen molar-refractivity contribution in [3.63, 3.8) is 0 Å². The van der Waals surface area contributed by atoms with Gasteiger partial charge >= 0.3 is 0 Å². The number of pyridine rings is 1. The Hall–Kier alpha value is -1.42. The standard InChI is InChI=1S/C17H26N4/c1-2-4-13(10-11-18)6-9-16-20-15-5-3-12-19-17(15)21(16)14-7-8-14/h3,5,12-14H,2,4,6-11,18H2,1H3. The summed E-state index contributed by atoms with van der Waals surface area (Å²) in [7, 11) is 0. The molecule has 0 radical (unpaired) electrons. The summed E-state index contributed by atoms with van der Waals surface area (Å²) in [6, 6.07) is 4.69. The molecule has 0 aliphatic heterocycles. The molecule has 2 aromatic heterocycles. The van der Waals surface area contributed by atoms with Gasteiger partial charge in [0, 0.05) is 18.7 Å². The number of aromatic nitrogens is 3. The summed E-state index contributed by atoms with van der Waals surface area (Å²) in [6.07, 6.45) is 10.3. The van der Waals surface area contributed by atoms with Gasteiger partial charge in [-0.25, -0.2) is 9.97 Å². The van der Waals surface area contributed by atoms with Gasteiger partial charge in [-0.2, -0.15) is 0 Å². The number of hydrogen-bond donors (Lipinski definition) is 1. The maximum Gasteiger partial charge on any atom is 0.160 e. The number of nitrogens with zero attached hydrogens (tertiary/aromatic N) is 3. The third-order valence-electron chi connectivity index (χ3n) is 4.48. The molecule has 2 N–H and O–H groups in total. The zero-order chi connectivity index (χ0) is 14.7. The third kappa shape index (κ3) is 3.26. The van der Waals surface area contributed by atoms with Crippen molar-refractivity contribution in [1.29, 1.82) is 0 Å². The van der Waals surface area contributed by atoms with E-state index in [2.05, 4.69) is 22.5 Å². The second-order valence-corrected chi connectivity index (χ2v) is 6.25. The van der Waals surface area contributed by atoms with E-state index < -0.39 is 0 Å². The van der Waals surface area contributed by atoms with Crippen LogP contribution < -0.4 is 5.73 Å². The Balaban J connectivity index is 1.78. The van der Waals surface area contributed by atoms with Crippen molar-refractivity contribution in [3.05, 3.63) is 24.2 Å². The van der Waals surface area contributed by atoms with Crippen LogP contribution >= 0.6 is 0 Å². The first-order valence-electron chi connectivity index (χ1n) is 8.35. The highest BCUT2D eigenvalue weighted by atomic mass is 15.2. The van der Waals surface area contributed by atoms with Crippen LogP contribution in [0.25, 0.3) is 11.2 Å². The van der Waals surface area contributed by atoms with Crippen LogP contribution in [-0.2, 0) is 6.42 Å². The Morgan fingerprint density at radius 1 is 1.33 bits per heavy atom. The van der Waals surface area contributed by atoms with E-state index in [9.17, 15) is 0 Å². The minimum absolute atomic E-state index is 0.638. The Morgan fingerprint density at radius 3 is 2.90 bits per heavy atom. The molecule has 21 heavy (non-hydrogen) atoms. The van der Waals surface area contributed by atoms with Gasteiger partial charge in [0.1, 0.15) is 11.3 Å². The maximum atomic E-state index is 5.75. The number of imidazole rings is 1. The Labute approximate surface area is 126 Å². The first-order valence-corrected chi connectivity index (χ1v) is 8.35. The molecule has 1 aliphatic carbocycles. The Kier molecular flexibility index (Phi) is 4.54. The first-order chi connectivity index (χ1) is 10.3. The van der Waals surface area contributed by atoms with Crippen LogP contribution in [0.15, 0.2) is 18.3 Å². The second-order valence-electron chi connectivity index (χ2n) is 6.25. The smallest absolute Gasteiger partial charge is 0.160 e. The average Bonchev–Trinajstić information content (AvgIpc) is 3.26. The third-order valence-corrected chi connectivity index (χ3v) is 4.48. The highest BCUT2D eigenvalue weighted by Crippen LogP contribution is 2.38. The van der Waals surface area contributed by atoms with Crippen LogP contribution in [0.5, 0.6) is 0 Å². The predicted molar refractivity (Wildman–Crippen MR) is 86.2 cm³/mol. The van der Waals surface area contributed by atoms with Gasteiger partial charge in [0.25, 0.3) is 0 Å². The normalized spacial score (nSPS) is 16.5. The van der Waals surface area contributed by atoms with Gasteiger partial charge in [-0.05, 0) is 50.3 Å². The van der Waals surface area contributed by atoms with Crippen molar-refractivity contribution in [2.75, 3.05) is 6.54 Å². The molecule has 1 fully saturated rings. The van der Waals surface area contributed by atoms with Gasteiger partial charge in [-0.1, -0.05) is 19.8 Å². The van der Waals surface area contributed by atoms with Crippen molar-refractivity contribution < 1.29 is 0 Å². The molecule has 2 heterocycles. The molecule has 4 heteroatoms. The summed E-state index contributed by atoms with van der Waals surface area (Å²) in [5, 5.41) is 0. The Bertz CT molecular complexity index is 579. The number of nitrogens with two attached hydrogens (primary N) is 1. The molecule has 0 saturated heterocycles. The van der Waals surface area contributed by atoms with Crippen LogP contribution in [0.3, 0.4) is 0 Å². The molecule has 1 atom stereocenters. The minimum atomic E-state index is 0.638. The largest absolute Gasteiger partial charge is 0.330 e. The molecule has 1 aliphatic rings. The van der Waals surface area contributed by atoms with Crippen LogP contribution in [0.2, 0.25) is 0 Å². The lowest BCUT2D eigenvalue weighted by Gasteiger charge is -2.15. The van der Waals surface area contributed by atoms with Crippen molar-refractivity contribution in [1.82, 2.24) is 14.5 Å². The summed E-state index contributed by atoms with van der Waals surface area (Å²) in [4.78, 5) is 9.38. The fourth-order valence-electron chi connectivity index (χ4n) is 3.28. The van der Waals surface area contributed by atoms with E-state index in [0.29, 0.717) is 6.04 Å². The van der Waals surface area contributed by atoms with Crippen molar-refractivity contribution in [2.45, 2.75) is 57.9 Å². The van der Waals surface area contributed by atoms with Crippen LogP contribution in [0.1, 0.15) is 57.3 Å². The van der Waals surface area contributed by atoms with Crippen LogP contribution in [0.4, 0.5) is 0 Å². The summed E-state index contributed by atoms with van der Waals surface area (Å²) in [6.45, 7) is 3.05. The van der Waals surface area contributed by atoms with Crippen molar-refractivity contribution >= 4 is 11.2 Å². The molecule has 3 rings (SSSR count). The lowest BCUT2D eigenvalue weighted by Crippen LogP contribution is -2.11. The minimum Gasteiger partial charge on any atom is -0.330 e. The number of aryl methyl sites for hydroxylation is 1. The summed E-state index contributed by atoms with van der Waals surface area (Å²) < 4.78 is 2.39. The predicted octanol–water partition coefficient (Wildman–Crippen LogP) is 3.46. The van der Waals surface area contributed by atoms with E-state index in [-0.39, 0.29) is 0 Å². The van der Waals surface area contributed by atoms with E-state index >= 15 is 0 Å². The molecule has 114 valence electrons. The Morgan fingerprint density at radius 2 is 2.19 bits per heavy atom. The summed E-state index contributed by atoms with van der Waals surface area (Å²) >= 11 is 0. The van der Waals surface area contributed by atoms with Crippen molar-refractivity contribution in [3.8, 4) is 0 Å². The van der Waals surface area contributed by atoms with Gasteiger partial charge in [-0.15, -0.1) is 0 Å². The van der Waals surface area contributed by atoms with Gasteiger partial charge in [0.2, 0.25) is 0 Å². The number of rotatable bonds is 8.